The molecule has 6 nitrogen and oxygen atoms in total. The lowest BCUT2D eigenvalue weighted by Gasteiger charge is -2.21. The molecular formula is C20H24ClN3O3. The number of aromatic nitrogens is 3. The summed E-state index contributed by atoms with van der Waals surface area (Å²) in [4.78, 5) is 16.5. The van der Waals surface area contributed by atoms with Gasteiger partial charge in [-0.1, -0.05) is 11.6 Å². The molecule has 0 unspecified atom stereocenters. The van der Waals surface area contributed by atoms with Gasteiger partial charge < -0.3 is 9.47 Å². The summed E-state index contributed by atoms with van der Waals surface area (Å²) in [5.74, 6) is 2.12. The van der Waals surface area contributed by atoms with Crippen molar-refractivity contribution in [2.45, 2.75) is 58.2 Å². The van der Waals surface area contributed by atoms with Crippen LogP contribution in [0.3, 0.4) is 0 Å². The Morgan fingerprint density at radius 2 is 2.04 bits per heavy atom. The first-order valence-electron chi connectivity index (χ1n) is 9.41. The van der Waals surface area contributed by atoms with Crippen LogP contribution in [-0.4, -0.2) is 32.4 Å². The van der Waals surface area contributed by atoms with Gasteiger partial charge in [0.2, 0.25) is 5.88 Å². The third kappa shape index (κ3) is 3.95. The molecule has 144 valence electrons. The molecule has 2 aromatic heterocycles. The molecule has 0 spiro atoms. The van der Waals surface area contributed by atoms with Crippen molar-refractivity contribution in [2.24, 2.45) is 11.8 Å². The lowest BCUT2D eigenvalue weighted by molar-refractivity contribution is 0.00693. The van der Waals surface area contributed by atoms with E-state index in [4.69, 9.17) is 21.1 Å². The molecule has 7 heteroatoms. The second-order valence-corrected chi connectivity index (χ2v) is 8.80. The van der Waals surface area contributed by atoms with E-state index in [9.17, 15) is 4.79 Å². The minimum atomic E-state index is -0.590. The summed E-state index contributed by atoms with van der Waals surface area (Å²) < 4.78 is 13.0. The van der Waals surface area contributed by atoms with Crippen LogP contribution in [-0.2, 0) is 4.74 Å². The maximum atomic E-state index is 12.2. The van der Waals surface area contributed by atoms with Gasteiger partial charge in [0.25, 0.3) is 0 Å². The van der Waals surface area contributed by atoms with Gasteiger partial charge in [0, 0.05) is 12.3 Å². The van der Waals surface area contributed by atoms with Crippen molar-refractivity contribution >= 4 is 17.6 Å². The molecule has 0 amide bonds. The monoisotopic (exact) mass is 389 g/mol. The molecule has 4 rings (SSSR count). The van der Waals surface area contributed by atoms with Gasteiger partial charge in [-0.05, 0) is 70.4 Å². The van der Waals surface area contributed by atoms with Crippen molar-refractivity contribution in [1.29, 1.82) is 0 Å². The third-order valence-corrected chi connectivity index (χ3v) is 5.49. The molecule has 0 N–H and O–H groups in total. The van der Waals surface area contributed by atoms with Crippen molar-refractivity contribution in [3.63, 3.8) is 0 Å². The lowest BCUT2D eigenvalue weighted by atomic mass is 9.98. The SMILES string of the molecule is CC(C)(C)OC(=O)c1ccc(-n2ccc(O[C@H]3C[C@@H]4CC[C@@H]3C4)n2)nc1Cl. The highest BCUT2D eigenvalue weighted by atomic mass is 35.5. The van der Waals surface area contributed by atoms with Crippen molar-refractivity contribution in [3.8, 4) is 11.7 Å². The zero-order valence-corrected chi connectivity index (χ0v) is 16.6. The van der Waals surface area contributed by atoms with E-state index in [2.05, 4.69) is 10.1 Å². The van der Waals surface area contributed by atoms with E-state index in [1.165, 1.54) is 19.3 Å². The van der Waals surface area contributed by atoms with Gasteiger partial charge in [-0.15, -0.1) is 5.10 Å². The number of pyridine rings is 1. The molecule has 2 fully saturated rings. The van der Waals surface area contributed by atoms with Crippen LogP contribution < -0.4 is 4.74 Å². The van der Waals surface area contributed by atoms with Crippen LogP contribution in [0.1, 0.15) is 56.8 Å². The fourth-order valence-corrected chi connectivity index (χ4v) is 4.25. The second kappa shape index (κ2) is 6.82. The maximum Gasteiger partial charge on any atom is 0.341 e. The van der Waals surface area contributed by atoms with E-state index in [0.29, 0.717) is 17.6 Å². The molecule has 3 atom stereocenters. The Labute approximate surface area is 163 Å². The molecule has 27 heavy (non-hydrogen) atoms. The largest absolute Gasteiger partial charge is 0.473 e. The van der Waals surface area contributed by atoms with Crippen LogP contribution in [0.2, 0.25) is 5.15 Å². The normalized spacial score (nSPS) is 24.2. The summed E-state index contributed by atoms with van der Waals surface area (Å²) in [5, 5.41) is 4.55. The van der Waals surface area contributed by atoms with Crippen molar-refractivity contribution in [3.05, 3.63) is 35.1 Å². The van der Waals surface area contributed by atoms with Gasteiger partial charge in [-0.2, -0.15) is 0 Å². The van der Waals surface area contributed by atoms with Crippen molar-refractivity contribution in [2.75, 3.05) is 0 Å². The molecular weight excluding hydrogens is 366 g/mol. The molecule has 2 heterocycles. The number of halogens is 1. The van der Waals surface area contributed by atoms with E-state index in [-0.39, 0.29) is 16.8 Å². The molecule has 2 aliphatic carbocycles. The smallest absolute Gasteiger partial charge is 0.341 e. The Bertz CT molecular complexity index is 858. The Hall–Kier alpha value is -2.08. The van der Waals surface area contributed by atoms with E-state index >= 15 is 0 Å². The number of hydrogen-bond donors (Lipinski definition) is 0. The molecule has 0 radical (unpaired) electrons. The van der Waals surface area contributed by atoms with E-state index in [1.807, 2.05) is 26.8 Å². The van der Waals surface area contributed by atoms with Gasteiger partial charge >= 0.3 is 5.97 Å². The molecule has 2 aliphatic rings. The highest BCUT2D eigenvalue weighted by Crippen LogP contribution is 2.45. The van der Waals surface area contributed by atoms with Crippen LogP contribution in [0.15, 0.2) is 24.4 Å². The fraction of sp³-hybridized carbons (Fsp3) is 0.550. The zero-order chi connectivity index (χ0) is 19.2. The minimum Gasteiger partial charge on any atom is -0.473 e. The van der Waals surface area contributed by atoms with Crippen LogP contribution in [0.4, 0.5) is 0 Å². The molecule has 2 bridgehead atoms. The average Bonchev–Trinajstić information content (AvgIpc) is 3.29. The summed E-state index contributed by atoms with van der Waals surface area (Å²) in [6.45, 7) is 5.42. The summed E-state index contributed by atoms with van der Waals surface area (Å²) in [5.41, 5.74) is -0.353. The van der Waals surface area contributed by atoms with E-state index < -0.39 is 11.6 Å². The lowest BCUT2D eigenvalue weighted by Crippen LogP contribution is -2.24. The molecule has 2 aromatic rings. The predicted octanol–water partition coefficient (Wildman–Crippen LogP) is 4.44. The summed E-state index contributed by atoms with van der Waals surface area (Å²) >= 11 is 6.21. The predicted molar refractivity (Wildman–Crippen MR) is 101 cm³/mol. The van der Waals surface area contributed by atoms with Crippen LogP contribution in [0, 0.1) is 11.8 Å². The number of esters is 1. The Kier molecular flexibility index (Phi) is 4.62. The molecule has 2 saturated carbocycles. The van der Waals surface area contributed by atoms with Gasteiger partial charge in [0.1, 0.15) is 16.9 Å². The number of ether oxygens (including phenoxy) is 2. The zero-order valence-electron chi connectivity index (χ0n) is 15.8. The van der Waals surface area contributed by atoms with Crippen LogP contribution in [0.25, 0.3) is 5.82 Å². The maximum absolute atomic E-state index is 12.2. The van der Waals surface area contributed by atoms with Gasteiger partial charge in [0.05, 0.1) is 5.56 Å². The second-order valence-electron chi connectivity index (χ2n) is 8.44. The van der Waals surface area contributed by atoms with Crippen molar-refractivity contribution in [1.82, 2.24) is 14.8 Å². The number of rotatable bonds is 4. The Morgan fingerprint density at radius 3 is 2.67 bits per heavy atom. The first kappa shape index (κ1) is 18.3. The number of carbonyl (C=O) groups excluding carboxylic acids is 1. The van der Waals surface area contributed by atoms with Gasteiger partial charge in [0.15, 0.2) is 5.82 Å². The first-order valence-corrected chi connectivity index (χ1v) is 9.79. The third-order valence-electron chi connectivity index (χ3n) is 5.20. The quantitative estimate of drug-likeness (QED) is 0.571. The Balaban J connectivity index is 1.47. The number of nitrogens with zero attached hydrogens (tertiary/aromatic N) is 3. The molecule has 0 saturated heterocycles. The standard InChI is InChI=1S/C20H24ClN3O3/c1-20(2,3)27-19(25)14-6-7-16(22-18(14)21)24-9-8-17(23-24)26-15-11-12-4-5-13(15)10-12/h6-9,12-13,15H,4-5,10-11H2,1-3H3/t12-,13-,15+/m1/s1. The summed E-state index contributed by atoms with van der Waals surface area (Å²) in [6, 6.07) is 5.14. The van der Waals surface area contributed by atoms with Gasteiger partial charge in [-0.25, -0.2) is 14.5 Å². The number of fused-ring (bicyclic) bond motifs is 2. The van der Waals surface area contributed by atoms with Crippen LogP contribution >= 0.6 is 11.6 Å². The molecule has 0 aliphatic heterocycles. The number of carbonyl (C=O) groups is 1. The summed E-state index contributed by atoms with van der Waals surface area (Å²) in [7, 11) is 0. The molecule has 0 aromatic carbocycles. The first-order chi connectivity index (χ1) is 12.8. The minimum absolute atomic E-state index is 0.0906. The fourth-order valence-electron chi connectivity index (χ4n) is 4.02. The number of hydrogen-bond acceptors (Lipinski definition) is 5. The Morgan fingerprint density at radius 1 is 1.22 bits per heavy atom. The van der Waals surface area contributed by atoms with Crippen molar-refractivity contribution < 1.29 is 14.3 Å². The van der Waals surface area contributed by atoms with E-state index in [0.717, 1.165) is 12.3 Å². The van der Waals surface area contributed by atoms with Crippen LogP contribution in [0.5, 0.6) is 5.88 Å². The highest BCUT2D eigenvalue weighted by Gasteiger charge is 2.41. The van der Waals surface area contributed by atoms with E-state index in [1.54, 1.807) is 23.0 Å². The summed E-state index contributed by atoms with van der Waals surface area (Å²) in [6.07, 6.45) is 7.08. The van der Waals surface area contributed by atoms with Gasteiger partial charge in [-0.3, -0.25) is 0 Å². The average molecular weight is 390 g/mol. The highest BCUT2D eigenvalue weighted by molar-refractivity contribution is 6.32. The topological polar surface area (TPSA) is 66.2 Å².